The third kappa shape index (κ3) is 5.35. The van der Waals surface area contributed by atoms with E-state index in [1.165, 1.54) is 0 Å². The van der Waals surface area contributed by atoms with E-state index in [0.717, 1.165) is 0 Å². The number of carboxylic acids is 1. The third-order valence-corrected chi connectivity index (χ3v) is 1.84. The number of hydrogen-bond acceptors (Lipinski definition) is 7. The highest BCUT2D eigenvalue weighted by Crippen LogP contribution is 2.05. The summed E-state index contributed by atoms with van der Waals surface area (Å²) in [5.74, 6) is -1.24. The van der Waals surface area contributed by atoms with Crippen molar-refractivity contribution < 1.29 is 40.2 Å². The average molecular weight is 240 g/mol. The summed E-state index contributed by atoms with van der Waals surface area (Å²) in [7, 11) is 0. The molecule has 0 aromatic heterocycles. The van der Waals surface area contributed by atoms with E-state index in [1.807, 2.05) is 0 Å². The second-order valence-corrected chi connectivity index (χ2v) is 3.21. The van der Waals surface area contributed by atoms with Crippen LogP contribution in [0.25, 0.3) is 0 Å². The van der Waals surface area contributed by atoms with Crippen molar-refractivity contribution in [3.63, 3.8) is 0 Å². The zero-order chi connectivity index (χ0) is 12.7. The molecule has 0 fully saturated rings. The first-order valence-electron chi connectivity index (χ1n) is 4.52. The van der Waals surface area contributed by atoms with E-state index in [9.17, 15) is 20.1 Å². The molecule has 0 bridgehead atoms. The predicted molar refractivity (Wildman–Crippen MR) is 49.6 cm³/mol. The fraction of sp³-hybridized carbons (Fsp3) is 0.875. The van der Waals surface area contributed by atoms with Gasteiger partial charge in [0.2, 0.25) is 0 Å². The predicted octanol–water partition coefficient (Wildman–Crippen LogP) is -3.48. The Morgan fingerprint density at radius 3 is 2.00 bits per heavy atom. The van der Waals surface area contributed by atoms with E-state index in [2.05, 4.69) is 4.74 Å². The number of ether oxygens (including phenoxy) is 1. The highest BCUT2D eigenvalue weighted by Gasteiger charge is 2.30. The molecule has 0 aliphatic heterocycles. The molecule has 0 rings (SSSR count). The number of rotatable bonds is 8. The molecule has 4 atom stereocenters. The smallest absolute Gasteiger partial charge is 0.329 e. The fourth-order valence-corrected chi connectivity index (χ4v) is 0.929. The Bertz CT molecular complexity index is 208. The van der Waals surface area contributed by atoms with Crippen molar-refractivity contribution in [2.45, 2.75) is 24.4 Å². The van der Waals surface area contributed by atoms with Crippen LogP contribution in [0.2, 0.25) is 0 Å². The first-order valence-corrected chi connectivity index (χ1v) is 4.52. The number of carbonyl (C=O) groups is 1. The van der Waals surface area contributed by atoms with Gasteiger partial charge in [0, 0.05) is 0 Å². The molecule has 8 heteroatoms. The van der Waals surface area contributed by atoms with Crippen molar-refractivity contribution in [2.24, 2.45) is 0 Å². The summed E-state index contributed by atoms with van der Waals surface area (Å²) in [5.41, 5.74) is 0. The number of aliphatic hydroxyl groups is 5. The molecule has 6 N–H and O–H groups in total. The molecule has 16 heavy (non-hydrogen) atoms. The van der Waals surface area contributed by atoms with E-state index in [0.29, 0.717) is 0 Å². The lowest BCUT2D eigenvalue weighted by Crippen LogP contribution is -2.47. The second kappa shape index (κ2) is 7.49. The van der Waals surface area contributed by atoms with E-state index in [-0.39, 0.29) is 0 Å². The van der Waals surface area contributed by atoms with Crippen molar-refractivity contribution in [1.82, 2.24) is 0 Å². The molecular formula is C8H16O8. The SMILES string of the molecule is O=C(O)COCC(O)C(O)C(O)C(O)CO. The van der Waals surface area contributed by atoms with Crippen LogP contribution in [-0.2, 0) is 9.53 Å². The molecule has 0 saturated heterocycles. The lowest BCUT2D eigenvalue weighted by Gasteiger charge is -2.25. The van der Waals surface area contributed by atoms with Gasteiger partial charge in [0.15, 0.2) is 0 Å². The Balaban J connectivity index is 3.97. The molecule has 0 radical (unpaired) electrons. The summed E-state index contributed by atoms with van der Waals surface area (Å²) in [5, 5.41) is 53.3. The van der Waals surface area contributed by atoms with Crippen LogP contribution in [0, 0.1) is 0 Å². The first kappa shape index (κ1) is 15.2. The molecule has 4 unspecified atom stereocenters. The Hall–Kier alpha value is -0.770. The van der Waals surface area contributed by atoms with Gasteiger partial charge in [0.25, 0.3) is 0 Å². The molecule has 96 valence electrons. The molecule has 0 aliphatic rings. The van der Waals surface area contributed by atoms with E-state index < -0.39 is 50.2 Å². The summed E-state index contributed by atoms with van der Waals surface area (Å²) < 4.78 is 4.48. The normalized spacial score (nSPS) is 18.8. The zero-order valence-electron chi connectivity index (χ0n) is 8.43. The number of aliphatic carboxylic acids is 1. The zero-order valence-corrected chi connectivity index (χ0v) is 8.43. The summed E-state index contributed by atoms with van der Waals surface area (Å²) in [6.07, 6.45) is -6.64. The van der Waals surface area contributed by atoms with Gasteiger partial charge in [-0.05, 0) is 0 Å². The van der Waals surface area contributed by atoms with Crippen LogP contribution in [0.15, 0.2) is 0 Å². The largest absolute Gasteiger partial charge is 0.480 e. The molecule has 0 aromatic rings. The minimum absolute atomic E-state index is 0.511. The Morgan fingerprint density at radius 2 is 1.56 bits per heavy atom. The van der Waals surface area contributed by atoms with Gasteiger partial charge in [-0.2, -0.15) is 0 Å². The molecule has 8 nitrogen and oxygen atoms in total. The van der Waals surface area contributed by atoms with Gasteiger partial charge in [-0.1, -0.05) is 0 Å². The topological polar surface area (TPSA) is 148 Å². The summed E-state index contributed by atoms with van der Waals surface area (Å²) in [6, 6.07) is 0. The van der Waals surface area contributed by atoms with Gasteiger partial charge in [-0.3, -0.25) is 0 Å². The molecule has 0 aliphatic carbocycles. The van der Waals surface area contributed by atoms with Crippen LogP contribution in [-0.4, -0.2) is 80.8 Å². The molecule has 0 saturated carbocycles. The van der Waals surface area contributed by atoms with Crippen molar-refractivity contribution in [3.05, 3.63) is 0 Å². The van der Waals surface area contributed by atoms with Gasteiger partial charge in [-0.25, -0.2) is 4.79 Å². The van der Waals surface area contributed by atoms with Gasteiger partial charge in [0.05, 0.1) is 13.2 Å². The second-order valence-electron chi connectivity index (χ2n) is 3.21. The van der Waals surface area contributed by atoms with Crippen LogP contribution in [0.5, 0.6) is 0 Å². The van der Waals surface area contributed by atoms with E-state index in [4.69, 9.17) is 15.3 Å². The molecule has 0 heterocycles. The van der Waals surface area contributed by atoms with Gasteiger partial charge < -0.3 is 35.4 Å². The van der Waals surface area contributed by atoms with E-state index >= 15 is 0 Å². The van der Waals surface area contributed by atoms with Gasteiger partial charge in [-0.15, -0.1) is 0 Å². The summed E-state index contributed by atoms with van der Waals surface area (Å²) in [6.45, 7) is -1.94. The maximum atomic E-state index is 10.0. The van der Waals surface area contributed by atoms with Gasteiger partial charge in [0.1, 0.15) is 31.0 Å². The van der Waals surface area contributed by atoms with Crippen molar-refractivity contribution in [1.29, 1.82) is 0 Å². The molecule has 0 spiro atoms. The molecule has 0 amide bonds. The first-order chi connectivity index (χ1) is 7.40. The lowest BCUT2D eigenvalue weighted by atomic mass is 10.0. The standard InChI is InChI=1S/C8H16O8/c9-1-4(10)7(14)8(15)5(11)2-16-3-6(12)13/h4-5,7-11,14-15H,1-3H2,(H,12,13). The maximum Gasteiger partial charge on any atom is 0.329 e. The number of hydrogen-bond donors (Lipinski definition) is 6. The van der Waals surface area contributed by atoms with Crippen LogP contribution < -0.4 is 0 Å². The minimum atomic E-state index is -1.74. The monoisotopic (exact) mass is 240 g/mol. The van der Waals surface area contributed by atoms with Crippen molar-refractivity contribution in [2.75, 3.05) is 19.8 Å². The van der Waals surface area contributed by atoms with Crippen LogP contribution in [0.1, 0.15) is 0 Å². The Kier molecular flexibility index (Phi) is 7.13. The van der Waals surface area contributed by atoms with Crippen molar-refractivity contribution in [3.8, 4) is 0 Å². The highest BCUT2D eigenvalue weighted by atomic mass is 16.5. The average Bonchev–Trinajstić information content (AvgIpc) is 2.25. The molecule has 0 aromatic carbocycles. The number of carboxylic acid groups (broad SMARTS) is 1. The Morgan fingerprint density at radius 1 is 1.06 bits per heavy atom. The van der Waals surface area contributed by atoms with Gasteiger partial charge >= 0.3 is 5.97 Å². The van der Waals surface area contributed by atoms with Crippen LogP contribution in [0.4, 0.5) is 0 Å². The van der Waals surface area contributed by atoms with Crippen LogP contribution in [0.3, 0.4) is 0 Å². The summed E-state index contributed by atoms with van der Waals surface area (Å²) in [4.78, 5) is 10.0. The quantitative estimate of drug-likeness (QED) is 0.256. The number of aliphatic hydroxyl groups excluding tert-OH is 5. The maximum absolute atomic E-state index is 10.0. The lowest BCUT2D eigenvalue weighted by molar-refractivity contribution is -0.148. The fourth-order valence-electron chi connectivity index (χ4n) is 0.929. The summed E-state index contributed by atoms with van der Waals surface area (Å²) >= 11 is 0. The van der Waals surface area contributed by atoms with Crippen molar-refractivity contribution >= 4 is 5.97 Å². The molecular weight excluding hydrogens is 224 g/mol. The van der Waals surface area contributed by atoms with Crippen LogP contribution >= 0.6 is 0 Å². The third-order valence-electron chi connectivity index (χ3n) is 1.84. The minimum Gasteiger partial charge on any atom is -0.480 e. The highest BCUT2D eigenvalue weighted by molar-refractivity contribution is 5.67. The van der Waals surface area contributed by atoms with E-state index in [1.54, 1.807) is 0 Å². The Labute approximate surface area is 91.3 Å².